The highest BCUT2D eigenvalue weighted by Crippen LogP contribution is 2.35. The smallest absolute Gasteiger partial charge is 0.322 e. The molecular formula is C19H20N4O5. The lowest BCUT2D eigenvalue weighted by Crippen LogP contribution is -2.53. The predicted octanol–water partition coefficient (Wildman–Crippen LogP) is 0.814. The van der Waals surface area contributed by atoms with Gasteiger partial charge in [0.05, 0.1) is 11.1 Å². The Balaban J connectivity index is 1.43. The molecule has 2 heterocycles. The summed E-state index contributed by atoms with van der Waals surface area (Å²) >= 11 is 0. The van der Waals surface area contributed by atoms with E-state index in [9.17, 15) is 24.0 Å². The Morgan fingerprint density at radius 1 is 1.11 bits per heavy atom. The molecule has 1 aliphatic carbocycles. The van der Waals surface area contributed by atoms with Gasteiger partial charge in [0.2, 0.25) is 0 Å². The van der Waals surface area contributed by atoms with Crippen molar-refractivity contribution >= 4 is 29.7 Å². The van der Waals surface area contributed by atoms with E-state index in [0.717, 1.165) is 17.7 Å². The number of urea groups is 1. The zero-order valence-corrected chi connectivity index (χ0v) is 15.4. The Hall–Kier alpha value is -3.23. The van der Waals surface area contributed by atoms with E-state index < -0.39 is 41.7 Å². The highest BCUT2D eigenvalue weighted by molar-refractivity contribution is 6.22. The molecule has 1 saturated heterocycles. The average molecular weight is 384 g/mol. The van der Waals surface area contributed by atoms with Crippen LogP contribution in [-0.2, 0) is 9.59 Å². The molecule has 1 aromatic carbocycles. The molecule has 6 amide bonds. The van der Waals surface area contributed by atoms with E-state index in [1.54, 1.807) is 12.1 Å². The Labute approximate surface area is 161 Å². The first-order valence-electron chi connectivity index (χ1n) is 9.24. The van der Waals surface area contributed by atoms with Crippen molar-refractivity contribution in [3.63, 3.8) is 0 Å². The number of carbonyl (C=O) groups is 5. The molecule has 28 heavy (non-hydrogen) atoms. The van der Waals surface area contributed by atoms with Crippen molar-refractivity contribution in [3.8, 4) is 0 Å². The highest BCUT2D eigenvalue weighted by Gasteiger charge is 2.53. The summed E-state index contributed by atoms with van der Waals surface area (Å²) in [5.74, 6) is -1.97. The summed E-state index contributed by atoms with van der Waals surface area (Å²) in [6.45, 7) is 1.52. The van der Waals surface area contributed by atoms with Gasteiger partial charge < -0.3 is 5.32 Å². The molecule has 0 atom stereocenters. The summed E-state index contributed by atoms with van der Waals surface area (Å²) in [5.41, 5.74) is 1.72. The Bertz CT molecular complexity index is 868. The van der Waals surface area contributed by atoms with Crippen LogP contribution in [0.2, 0.25) is 0 Å². The van der Waals surface area contributed by atoms with Crippen LogP contribution < -0.4 is 10.7 Å². The lowest BCUT2D eigenvalue weighted by molar-refractivity contribution is -0.140. The third-order valence-corrected chi connectivity index (χ3v) is 5.71. The molecule has 0 bridgehead atoms. The number of amides is 6. The predicted molar refractivity (Wildman–Crippen MR) is 95.7 cm³/mol. The third kappa shape index (κ3) is 2.74. The second kappa shape index (κ2) is 6.43. The van der Waals surface area contributed by atoms with Crippen LogP contribution in [0.25, 0.3) is 0 Å². The maximum absolute atomic E-state index is 12.8. The first-order chi connectivity index (χ1) is 13.3. The van der Waals surface area contributed by atoms with Crippen molar-refractivity contribution in [1.29, 1.82) is 0 Å². The molecule has 2 N–H and O–H groups in total. The molecule has 0 radical (unpaired) electrons. The van der Waals surface area contributed by atoms with E-state index >= 15 is 0 Å². The Morgan fingerprint density at radius 3 is 2.25 bits per heavy atom. The van der Waals surface area contributed by atoms with Crippen molar-refractivity contribution in [2.24, 2.45) is 5.92 Å². The molecule has 1 saturated carbocycles. The van der Waals surface area contributed by atoms with E-state index in [0.29, 0.717) is 23.8 Å². The second-order valence-corrected chi connectivity index (χ2v) is 7.61. The number of fused-ring (bicyclic) bond motifs is 1. The first-order valence-corrected chi connectivity index (χ1v) is 9.24. The zero-order valence-electron chi connectivity index (χ0n) is 15.4. The lowest BCUT2D eigenvalue weighted by Gasteiger charge is -2.33. The second-order valence-electron chi connectivity index (χ2n) is 7.61. The van der Waals surface area contributed by atoms with Gasteiger partial charge in [0.25, 0.3) is 23.6 Å². The molecular weight excluding hydrogens is 364 g/mol. The van der Waals surface area contributed by atoms with Crippen LogP contribution in [0.5, 0.6) is 0 Å². The Kier molecular flexibility index (Phi) is 4.17. The van der Waals surface area contributed by atoms with Gasteiger partial charge in [-0.15, -0.1) is 0 Å². The molecule has 1 aromatic rings. The molecule has 1 spiro atoms. The fraction of sp³-hybridized carbons (Fsp3) is 0.421. The molecule has 3 aliphatic rings. The molecule has 4 rings (SSSR count). The van der Waals surface area contributed by atoms with E-state index in [-0.39, 0.29) is 11.1 Å². The lowest BCUT2D eigenvalue weighted by atomic mass is 9.77. The molecule has 146 valence electrons. The number of hydrazine groups is 1. The third-order valence-electron chi connectivity index (χ3n) is 5.71. The van der Waals surface area contributed by atoms with Crippen LogP contribution in [0.4, 0.5) is 4.79 Å². The van der Waals surface area contributed by atoms with Crippen LogP contribution in [-0.4, -0.2) is 51.7 Å². The zero-order chi connectivity index (χ0) is 20.1. The van der Waals surface area contributed by atoms with Crippen LogP contribution in [0.1, 0.15) is 53.3 Å². The van der Waals surface area contributed by atoms with Gasteiger partial charge >= 0.3 is 6.03 Å². The SMILES string of the molecule is CC1CCC2(CC1)NC(=O)N(NC(=O)CN1C(=O)c3ccccc3C1=O)C2=O. The van der Waals surface area contributed by atoms with E-state index in [2.05, 4.69) is 17.7 Å². The minimum Gasteiger partial charge on any atom is -0.322 e. The normalized spacial score (nSPS) is 26.7. The monoisotopic (exact) mass is 384 g/mol. The van der Waals surface area contributed by atoms with Crippen LogP contribution in [0.3, 0.4) is 0 Å². The summed E-state index contributed by atoms with van der Waals surface area (Å²) in [7, 11) is 0. The summed E-state index contributed by atoms with van der Waals surface area (Å²) in [5, 5.41) is 3.36. The summed E-state index contributed by atoms with van der Waals surface area (Å²) in [6.07, 6.45) is 2.65. The molecule has 9 nitrogen and oxygen atoms in total. The first kappa shape index (κ1) is 18.1. The van der Waals surface area contributed by atoms with Gasteiger partial charge in [0, 0.05) is 0 Å². The quantitative estimate of drug-likeness (QED) is 0.591. The van der Waals surface area contributed by atoms with Gasteiger partial charge in [-0.25, -0.2) is 4.79 Å². The van der Waals surface area contributed by atoms with Crippen LogP contribution >= 0.6 is 0 Å². The minimum absolute atomic E-state index is 0.227. The van der Waals surface area contributed by atoms with Gasteiger partial charge in [-0.05, 0) is 43.7 Å². The maximum atomic E-state index is 12.8. The van der Waals surface area contributed by atoms with Crippen LogP contribution in [0.15, 0.2) is 24.3 Å². The molecule has 0 unspecified atom stereocenters. The number of nitrogens with zero attached hydrogens (tertiary/aromatic N) is 2. The number of hydrogen-bond donors (Lipinski definition) is 2. The van der Waals surface area contributed by atoms with Gasteiger partial charge in [-0.3, -0.25) is 29.5 Å². The summed E-state index contributed by atoms with van der Waals surface area (Å²) < 4.78 is 0. The molecule has 0 aromatic heterocycles. The van der Waals surface area contributed by atoms with E-state index in [1.165, 1.54) is 12.1 Å². The topological polar surface area (TPSA) is 116 Å². The molecule has 9 heteroatoms. The van der Waals surface area contributed by atoms with Crippen molar-refractivity contribution in [2.75, 3.05) is 6.54 Å². The summed E-state index contributed by atoms with van der Waals surface area (Å²) in [4.78, 5) is 62.9. The van der Waals surface area contributed by atoms with Crippen molar-refractivity contribution in [2.45, 2.75) is 38.1 Å². The van der Waals surface area contributed by atoms with Crippen LogP contribution in [0, 0.1) is 5.92 Å². The number of imide groups is 2. The van der Waals surface area contributed by atoms with Gasteiger partial charge in [-0.2, -0.15) is 5.01 Å². The van der Waals surface area contributed by atoms with Gasteiger partial charge in [0.15, 0.2) is 0 Å². The van der Waals surface area contributed by atoms with E-state index in [1.807, 2.05) is 0 Å². The number of hydrogen-bond acceptors (Lipinski definition) is 5. The maximum Gasteiger partial charge on any atom is 0.344 e. The van der Waals surface area contributed by atoms with Crippen molar-refractivity contribution < 1.29 is 24.0 Å². The number of rotatable bonds is 3. The van der Waals surface area contributed by atoms with Gasteiger partial charge in [0.1, 0.15) is 12.1 Å². The molecule has 2 aliphatic heterocycles. The van der Waals surface area contributed by atoms with Crippen molar-refractivity contribution in [3.05, 3.63) is 35.4 Å². The average Bonchev–Trinajstić information content (AvgIpc) is 3.05. The number of carbonyl (C=O) groups excluding carboxylic acids is 5. The highest BCUT2D eigenvalue weighted by atomic mass is 16.2. The fourth-order valence-electron chi connectivity index (χ4n) is 4.00. The Morgan fingerprint density at radius 2 is 1.68 bits per heavy atom. The van der Waals surface area contributed by atoms with Crippen molar-refractivity contribution in [1.82, 2.24) is 20.7 Å². The van der Waals surface area contributed by atoms with Gasteiger partial charge in [-0.1, -0.05) is 19.1 Å². The number of benzene rings is 1. The van der Waals surface area contributed by atoms with E-state index in [4.69, 9.17) is 0 Å². The largest absolute Gasteiger partial charge is 0.344 e. The fourth-order valence-corrected chi connectivity index (χ4v) is 4.00. The standard InChI is InChI=1S/C19H20N4O5/c1-11-6-8-19(9-7-11)17(27)23(18(28)20-19)21-14(24)10-22-15(25)12-4-2-3-5-13(12)16(22)26/h2-5,11H,6-10H2,1H3,(H,20,28)(H,21,24). The minimum atomic E-state index is -0.980. The summed E-state index contributed by atoms with van der Waals surface area (Å²) in [6, 6.07) is 5.59. The number of nitrogens with one attached hydrogen (secondary N) is 2. The molecule has 2 fully saturated rings.